The largest absolute Gasteiger partial charge is 0.416 e. The molecule has 0 aliphatic heterocycles. The molecular formula is C23H15F3N4O3. The Labute approximate surface area is 185 Å². The number of carbonyl (C=O) groups excluding carboxylic acids is 1. The van der Waals surface area contributed by atoms with Gasteiger partial charge in [-0.25, -0.2) is 4.98 Å². The standard InChI is InChI=1S/C23H15F3N4O3/c24-23(25,26)16-7-4-8-17(13-16)27-22(31)20-19(14-9-11-18(12-10-14)30(32)33)28-21(29-20)15-5-2-1-3-6-15/h1-13H,(H,27,31)(H,28,29). The van der Waals surface area contributed by atoms with E-state index in [0.29, 0.717) is 17.0 Å². The van der Waals surface area contributed by atoms with Crippen molar-refractivity contribution in [2.45, 2.75) is 6.18 Å². The van der Waals surface area contributed by atoms with Crippen molar-refractivity contribution >= 4 is 17.3 Å². The molecule has 4 rings (SSSR count). The van der Waals surface area contributed by atoms with Crippen LogP contribution >= 0.6 is 0 Å². The predicted octanol–water partition coefficient (Wildman–Crippen LogP) is 5.92. The summed E-state index contributed by atoms with van der Waals surface area (Å²) < 4.78 is 39.1. The molecule has 0 aliphatic carbocycles. The molecule has 0 fully saturated rings. The average Bonchev–Trinajstić information content (AvgIpc) is 3.25. The Morgan fingerprint density at radius 1 is 0.939 bits per heavy atom. The van der Waals surface area contributed by atoms with Crippen LogP contribution in [0.1, 0.15) is 16.1 Å². The maximum absolute atomic E-state index is 13.0. The molecule has 0 bridgehead atoms. The molecule has 33 heavy (non-hydrogen) atoms. The fourth-order valence-corrected chi connectivity index (χ4v) is 3.19. The molecule has 4 aromatic rings. The van der Waals surface area contributed by atoms with Gasteiger partial charge in [0.1, 0.15) is 17.2 Å². The second-order valence-electron chi connectivity index (χ2n) is 7.01. The number of H-pyrrole nitrogens is 1. The van der Waals surface area contributed by atoms with Gasteiger partial charge in [-0.1, -0.05) is 36.4 Å². The first-order valence-electron chi connectivity index (χ1n) is 9.61. The van der Waals surface area contributed by atoms with Gasteiger partial charge >= 0.3 is 6.18 Å². The SMILES string of the molecule is O=C(Nc1cccc(C(F)(F)F)c1)c1[nH]c(-c2ccccc2)nc1-c1ccc([N+](=O)[O-])cc1. The van der Waals surface area contributed by atoms with Gasteiger partial charge in [-0.05, 0) is 30.3 Å². The highest BCUT2D eigenvalue weighted by Crippen LogP contribution is 2.32. The van der Waals surface area contributed by atoms with Crippen LogP contribution in [0, 0.1) is 10.1 Å². The zero-order chi connectivity index (χ0) is 23.6. The highest BCUT2D eigenvalue weighted by Gasteiger charge is 2.30. The Balaban J connectivity index is 1.74. The van der Waals surface area contributed by atoms with Crippen molar-refractivity contribution in [2.24, 2.45) is 0 Å². The van der Waals surface area contributed by atoms with E-state index in [1.165, 1.54) is 36.4 Å². The number of hydrogen-bond donors (Lipinski definition) is 2. The van der Waals surface area contributed by atoms with E-state index in [2.05, 4.69) is 15.3 Å². The van der Waals surface area contributed by atoms with Crippen LogP contribution in [0.3, 0.4) is 0 Å². The lowest BCUT2D eigenvalue weighted by molar-refractivity contribution is -0.384. The highest BCUT2D eigenvalue weighted by atomic mass is 19.4. The second kappa shape index (κ2) is 8.58. The molecule has 0 saturated carbocycles. The van der Waals surface area contributed by atoms with Crippen LogP contribution in [0.4, 0.5) is 24.5 Å². The number of carbonyl (C=O) groups is 1. The van der Waals surface area contributed by atoms with Crippen molar-refractivity contribution in [1.82, 2.24) is 9.97 Å². The minimum absolute atomic E-state index is 0.000109. The Bertz CT molecular complexity index is 1320. The van der Waals surface area contributed by atoms with Gasteiger partial charge < -0.3 is 10.3 Å². The van der Waals surface area contributed by atoms with E-state index < -0.39 is 22.6 Å². The van der Waals surface area contributed by atoms with E-state index in [-0.39, 0.29) is 22.8 Å². The monoisotopic (exact) mass is 452 g/mol. The van der Waals surface area contributed by atoms with Crippen molar-refractivity contribution in [1.29, 1.82) is 0 Å². The number of rotatable bonds is 5. The summed E-state index contributed by atoms with van der Waals surface area (Å²) in [5.74, 6) is -0.351. The molecule has 7 nitrogen and oxygen atoms in total. The van der Waals surface area contributed by atoms with Gasteiger partial charge in [0.15, 0.2) is 0 Å². The lowest BCUT2D eigenvalue weighted by Gasteiger charge is -2.10. The van der Waals surface area contributed by atoms with E-state index in [1.54, 1.807) is 24.3 Å². The molecule has 0 saturated heterocycles. The molecule has 0 aliphatic rings. The van der Waals surface area contributed by atoms with Crippen molar-refractivity contribution in [3.05, 3.63) is 100 Å². The smallest absolute Gasteiger partial charge is 0.333 e. The molecule has 1 amide bonds. The van der Waals surface area contributed by atoms with Gasteiger partial charge in [0.05, 0.1) is 10.5 Å². The summed E-state index contributed by atoms with van der Waals surface area (Å²) in [6.07, 6.45) is -4.56. The normalized spacial score (nSPS) is 11.2. The summed E-state index contributed by atoms with van der Waals surface area (Å²) in [6.45, 7) is 0. The van der Waals surface area contributed by atoms with E-state index in [0.717, 1.165) is 12.1 Å². The Morgan fingerprint density at radius 2 is 1.64 bits per heavy atom. The summed E-state index contributed by atoms with van der Waals surface area (Å²) in [5.41, 5.74) is 0.235. The van der Waals surface area contributed by atoms with E-state index in [4.69, 9.17) is 0 Å². The molecule has 0 atom stereocenters. The third-order valence-corrected chi connectivity index (χ3v) is 4.78. The lowest BCUT2D eigenvalue weighted by atomic mass is 10.1. The van der Waals surface area contributed by atoms with Crippen LogP contribution in [-0.4, -0.2) is 20.8 Å². The van der Waals surface area contributed by atoms with Crippen molar-refractivity contribution < 1.29 is 22.9 Å². The number of benzene rings is 3. The zero-order valence-corrected chi connectivity index (χ0v) is 16.8. The number of nitrogens with zero attached hydrogens (tertiary/aromatic N) is 2. The van der Waals surface area contributed by atoms with Gasteiger partial charge in [-0.15, -0.1) is 0 Å². The first kappa shape index (κ1) is 21.8. The summed E-state index contributed by atoms with van der Waals surface area (Å²) >= 11 is 0. The van der Waals surface area contributed by atoms with Crippen molar-refractivity contribution in [3.63, 3.8) is 0 Å². The van der Waals surface area contributed by atoms with Gasteiger partial charge in [-0.2, -0.15) is 13.2 Å². The molecule has 0 spiro atoms. The van der Waals surface area contributed by atoms with Gasteiger partial charge in [-0.3, -0.25) is 14.9 Å². The number of hydrogen-bond acceptors (Lipinski definition) is 4. The molecule has 0 radical (unpaired) electrons. The summed E-state index contributed by atoms with van der Waals surface area (Å²) in [7, 11) is 0. The summed E-state index contributed by atoms with van der Waals surface area (Å²) in [6, 6.07) is 18.6. The number of nitro groups is 1. The zero-order valence-electron chi connectivity index (χ0n) is 16.8. The third kappa shape index (κ3) is 4.74. The maximum Gasteiger partial charge on any atom is 0.416 e. The number of imidazole rings is 1. The summed E-state index contributed by atoms with van der Waals surface area (Å²) in [5, 5.41) is 13.4. The van der Waals surface area contributed by atoms with Gasteiger partial charge in [0.2, 0.25) is 0 Å². The molecule has 2 N–H and O–H groups in total. The molecule has 0 unspecified atom stereocenters. The summed E-state index contributed by atoms with van der Waals surface area (Å²) in [4.78, 5) is 30.8. The molecule has 1 heterocycles. The average molecular weight is 452 g/mol. The van der Waals surface area contributed by atoms with Crippen LogP contribution in [-0.2, 0) is 6.18 Å². The van der Waals surface area contributed by atoms with Crippen LogP contribution in [0.15, 0.2) is 78.9 Å². The lowest BCUT2D eigenvalue weighted by Crippen LogP contribution is -2.14. The number of halogens is 3. The highest BCUT2D eigenvalue weighted by molar-refractivity contribution is 6.07. The second-order valence-corrected chi connectivity index (χ2v) is 7.01. The first-order chi connectivity index (χ1) is 15.7. The van der Waals surface area contributed by atoms with Crippen molar-refractivity contribution in [3.8, 4) is 22.6 Å². The fourth-order valence-electron chi connectivity index (χ4n) is 3.19. The minimum atomic E-state index is -4.56. The predicted molar refractivity (Wildman–Crippen MR) is 116 cm³/mol. The van der Waals surface area contributed by atoms with Crippen LogP contribution in [0.5, 0.6) is 0 Å². The minimum Gasteiger partial charge on any atom is -0.333 e. The third-order valence-electron chi connectivity index (χ3n) is 4.78. The number of alkyl halides is 3. The van der Waals surface area contributed by atoms with Crippen molar-refractivity contribution in [2.75, 3.05) is 5.32 Å². The molecule has 166 valence electrons. The van der Waals surface area contributed by atoms with E-state index >= 15 is 0 Å². The van der Waals surface area contributed by atoms with Crippen LogP contribution in [0.25, 0.3) is 22.6 Å². The Hall–Kier alpha value is -4.47. The number of aromatic amines is 1. The molecular weight excluding hydrogens is 437 g/mol. The number of nitro benzene ring substituents is 1. The van der Waals surface area contributed by atoms with Crippen LogP contribution < -0.4 is 5.32 Å². The Morgan fingerprint density at radius 3 is 2.27 bits per heavy atom. The van der Waals surface area contributed by atoms with Crippen LogP contribution in [0.2, 0.25) is 0 Å². The van der Waals surface area contributed by atoms with Gasteiger partial charge in [0.25, 0.3) is 11.6 Å². The number of aromatic nitrogens is 2. The topological polar surface area (TPSA) is 101 Å². The first-order valence-corrected chi connectivity index (χ1v) is 9.61. The number of nitrogens with one attached hydrogen (secondary N) is 2. The number of amides is 1. The number of anilines is 1. The number of non-ortho nitro benzene ring substituents is 1. The Kier molecular flexibility index (Phi) is 5.65. The molecule has 3 aromatic carbocycles. The molecule has 1 aromatic heterocycles. The fraction of sp³-hybridized carbons (Fsp3) is 0.0435. The maximum atomic E-state index is 13.0. The van der Waals surface area contributed by atoms with Gasteiger partial charge in [0, 0.05) is 28.9 Å². The molecule has 10 heteroatoms. The van der Waals surface area contributed by atoms with E-state index in [9.17, 15) is 28.1 Å². The quantitative estimate of drug-likeness (QED) is 0.290. The van der Waals surface area contributed by atoms with E-state index in [1.807, 2.05) is 6.07 Å².